The predicted octanol–water partition coefficient (Wildman–Crippen LogP) is 2.69. The first-order chi connectivity index (χ1) is 9.16. The Morgan fingerprint density at radius 2 is 2.05 bits per heavy atom. The van der Waals surface area contributed by atoms with Gasteiger partial charge in [0, 0.05) is 4.88 Å². The average Bonchev–Trinajstić information content (AvgIpc) is 2.84. The van der Waals surface area contributed by atoms with Crippen molar-refractivity contribution in [1.82, 2.24) is 5.43 Å². The van der Waals surface area contributed by atoms with E-state index in [1.165, 1.54) is 17.6 Å². The van der Waals surface area contributed by atoms with Gasteiger partial charge in [-0.15, -0.1) is 11.3 Å². The Kier molecular flexibility index (Phi) is 4.84. The molecule has 0 unspecified atom stereocenters. The van der Waals surface area contributed by atoms with E-state index in [0.29, 0.717) is 5.56 Å². The molecule has 0 aliphatic carbocycles. The number of hydrogen-bond acceptors (Lipinski definition) is 4. The molecule has 0 saturated heterocycles. The largest absolute Gasteiger partial charge is 0.378 e. The van der Waals surface area contributed by atoms with Crippen LogP contribution in [0.5, 0.6) is 0 Å². The molecule has 0 spiro atoms. The molecule has 2 N–H and O–H groups in total. The number of aliphatic hydroxyl groups excluding tert-OH is 1. The molecule has 19 heavy (non-hydrogen) atoms. The van der Waals surface area contributed by atoms with Gasteiger partial charge in [-0.05, 0) is 33.6 Å². The lowest BCUT2D eigenvalue weighted by molar-refractivity contribution is -0.129. The monoisotopic (exact) mass is 338 g/mol. The molecule has 1 heterocycles. The topological polar surface area (TPSA) is 61.7 Å². The minimum absolute atomic E-state index is 0.536. The standard InChI is InChI=1S/C13H11BrN2O2S/c14-11-7-6-10(19-11)8-15-16-13(18)12(17)9-4-2-1-3-5-9/h1-8,12,17H,(H,16,18)/b15-8-/t12-/m0/s1. The molecule has 0 radical (unpaired) electrons. The van der Waals surface area contributed by atoms with Crippen LogP contribution in [0.4, 0.5) is 0 Å². The molecule has 2 aromatic rings. The lowest BCUT2D eigenvalue weighted by atomic mass is 10.1. The van der Waals surface area contributed by atoms with Crippen LogP contribution in [0.3, 0.4) is 0 Å². The van der Waals surface area contributed by atoms with Crippen molar-refractivity contribution in [1.29, 1.82) is 0 Å². The highest BCUT2D eigenvalue weighted by Gasteiger charge is 2.15. The number of nitrogens with zero attached hydrogens (tertiary/aromatic N) is 1. The van der Waals surface area contributed by atoms with Crippen LogP contribution in [0.25, 0.3) is 0 Å². The molecule has 0 bridgehead atoms. The highest BCUT2D eigenvalue weighted by Crippen LogP contribution is 2.20. The summed E-state index contributed by atoms with van der Waals surface area (Å²) in [7, 11) is 0. The average molecular weight is 339 g/mol. The number of halogens is 1. The molecule has 1 aromatic carbocycles. The van der Waals surface area contributed by atoms with Crippen LogP contribution in [0.15, 0.2) is 51.4 Å². The summed E-state index contributed by atoms with van der Waals surface area (Å²) in [6.45, 7) is 0. The van der Waals surface area contributed by atoms with Crippen molar-refractivity contribution in [3.05, 3.63) is 56.7 Å². The van der Waals surface area contributed by atoms with Gasteiger partial charge in [0.05, 0.1) is 10.0 Å². The van der Waals surface area contributed by atoms with Crippen molar-refractivity contribution < 1.29 is 9.90 Å². The number of amides is 1. The van der Waals surface area contributed by atoms with E-state index >= 15 is 0 Å². The summed E-state index contributed by atoms with van der Waals surface area (Å²) < 4.78 is 0.990. The normalized spacial score (nSPS) is 12.5. The van der Waals surface area contributed by atoms with Gasteiger partial charge in [0.15, 0.2) is 6.10 Å². The zero-order valence-corrected chi connectivity index (χ0v) is 12.2. The number of nitrogens with one attached hydrogen (secondary N) is 1. The third-order valence-corrected chi connectivity index (χ3v) is 3.88. The molecule has 0 aliphatic rings. The number of benzene rings is 1. The minimum Gasteiger partial charge on any atom is -0.378 e. The van der Waals surface area contributed by atoms with Gasteiger partial charge in [-0.25, -0.2) is 5.43 Å². The molecule has 1 atom stereocenters. The first kappa shape index (κ1) is 13.9. The van der Waals surface area contributed by atoms with Crippen LogP contribution < -0.4 is 5.43 Å². The van der Waals surface area contributed by atoms with Crippen molar-refractivity contribution in [3.8, 4) is 0 Å². The number of carbonyl (C=O) groups excluding carboxylic acids is 1. The van der Waals surface area contributed by atoms with E-state index in [-0.39, 0.29) is 0 Å². The van der Waals surface area contributed by atoms with E-state index in [2.05, 4.69) is 26.5 Å². The van der Waals surface area contributed by atoms with E-state index in [0.717, 1.165) is 8.66 Å². The van der Waals surface area contributed by atoms with Gasteiger partial charge >= 0.3 is 0 Å². The maximum absolute atomic E-state index is 11.7. The first-order valence-electron chi connectivity index (χ1n) is 5.48. The molecule has 98 valence electrons. The third-order valence-electron chi connectivity index (χ3n) is 2.32. The van der Waals surface area contributed by atoms with E-state index in [9.17, 15) is 9.90 Å². The molecule has 1 amide bonds. The molecule has 4 nitrogen and oxygen atoms in total. The van der Waals surface area contributed by atoms with Crippen molar-refractivity contribution in [3.63, 3.8) is 0 Å². The fourth-order valence-electron chi connectivity index (χ4n) is 1.41. The SMILES string of the molecule is O=C(N/N=C\c1ccc(Br)s1)[C@@H](O)c1ccccc1. The Morgan fingerprint density at radius 1 is 1.32 bits per heavy atom. The predicted molar refractivity (Wildman–Crippen MR) is 79.2 cm³/mol. The summed E-state index contributed by atoms with van der Waals surface area (Å²) in [5, 5.41) is 13.6. The Balaban J connectivity index is 1.93. The molecule has 0 aliphatic heterocycles. The molecule has 0 saturated carbocycles. The molecule has 1 aromatic heterocycles. The molecule has 0 fully saturated rings. The number of hydrogen-bond donors (Lipinski definition) is 2. The van der Waals surface area contributed by atoms with Crippen LogP contribution in [0.2, 0.25) is 0 Å². The lowest BCUT2D eigenvalue weighted by Gasteiger charge is -2.08. The number of thiophene rings is 1. The maximum Gasteiger partial charge on any atom is 0.273 e. The van der Waals surface area contributed by atoms with E-state index in [1.54, 1.807) is 24.3 Å². The van der Waals surface area contributed by atoms with E-state index < -0.39 is 12.0 Å². The number of carbonyl (C=O) groups is 1. The Morgan fingerprint density at radius 3 is 2.68 bits per heavy atom. The fourth-order valence-corrected chi connectivity index (χ4v) is 2.70. The second-order valence-electron chi connectivity index (χ2n) is 3.69. The van der Waals surface area contributed by atoms with Crippen LogP contribution in [0.1, 0.15) is 16.5 Å². The van der Waals surface area contributed by atoms with E-state index in [1.807, 2.05) is 18.2 Å². The van der Waals surface area contributed by atoms with Crippen molar-refractivity contribution in [2.24, 2.45) is 5.10 Å². The highest BCUT2D eigenvalue weighted by molar-refractivity contribution is 9.11. The molecular weight excluding hydrogens is 328 g/mol. The number of aliphatic hydroxyl groups is 1. The quantitative estimate of drug-likeness (QED) is 0.665. The van der Waals surface area contributed by atoms with Gasteiger partial charge in [-0.1, -0.05) is 30.3 Å². The van der Waals surface area contributed by atoms with Gasteiger partial charge in [0.25, 0.3) is 5.91 Å². The van der Waals surface area contributed by atoms with Crippen LogP contribution in [-0.4, -0.2) is 17.2 Å². The van der Waals surface area contributed by atoms with Gasteiger partial charge in [-0.3, -0.25) is 4.79 Å². The number of hydrazone groups is 1. The molecule has 2 rings (SSSR count). The summed E-state index contributed by atoms with van der Waals surface area (Å²) in [4.78, 5) is 12.6. The van der Waals surface area contributed by atoms with E-state index in [4.69, 9.17) is 0 Å². The molecular formula is C13H11BrN2O2S. The summed E-state index contributed by atoms with van der Waals surface area (Å²) >= 11 is 4.83. The van der Waals surface area contributed by atoms with Gasteiger partial charge in [0.1, 0.15) is 0 Å². The Labute approximate surface area is 122 Å². The smallest absolute Gasteiger partial charge is 0.273 e. The zero-order valence-electron chi connectivity index (χ0n) is 9.79. The second-order valence-corrected chi connectivity index (χ2v) is 6.18. The van der Waals surface area contributed by atoms with Crippen molar-refractivity contribution >= 4 is 39.4 Å². The Hall–Kier alpha value is -1.50. The minimum atomic E-state index is -1.21. The second kappa shape index (κ2) is 6.60. The Bertz CT molecular complexity index is 583. The summed E-state index contributed by atoms with van der Waals surface area (Å²) in [5.41, 5.74) is 2.85. The highest BCUT2D eigenvalue weighted by atomic mass is 79.9. The van der Waals surface area contributed by atoms with Gasteiger partial charge < -0.3 is 5.11 Å². The molecule has 6 heteroatoms. The summed E-state index contributed by atoms with van der Waals surface area (Å²) in [5.74, 6) is -0.557. The lowest BCUT2D eigenvalue weighted by Crippen LogP contribution is -2.25. The fraction of sp³-hybridized carbons (Fsp3) is 0.0769. The van der Waals surface area contributed by atoms with Crippen LogP contribution in [-0.2, 0) is 4.79 Å². The first-order valence-corrected chi connectivity index (χ1v) is 7.09. The summed E-state index contributed by atoms with van der Waals surface area (Å²) in [6, 6.07) is 12.5. The zero-order chi connectivity index (χ0) is 13.7. The van der Waals surface area contributed by atoms with Crippen LogP contribution in [0, 0.1) is 0 Å². The summed E-state index contributed by atoms with van der Waals surface area (Å²) in [6.07, 6.45) is 0.318. The maximum atomic E-state index is 11.7. The van der Waals surface area contributed by atoms with Gasteiger partial charge in [0.2, 0.25) is 0 Å². The third kappa shape index (κ3) is 3.99. The van der Waals surface area contributed by atoms with Crippen molar-refractivity contribution in [2.45, 2.75) is 6.10 Å². The number of rotatable bonds is 4. The van der Waals surface area contributed by atoms with Gasteiger partial charge in [-0.2, -0.15) is 5.10 Å². The van der Waals surface area contributed by atoms with Crippen molar-refractivity contribution in [2.75, 3.05) is 0 Å². The van der Waals surface area contributed by atoms with Crippen LogP contribution >= 0.6 is 27.3 Å².